The normalized spacial score (nSPS) is 25.0. The minimum atomic E-state index is -3.54. The van der Waals surface area contributed by atoms with Crippen LogP contribution >= 0.6 is 15.9 Å². The zero-order valence-corrected chi connectivity index (χ0v) is 33.7. The molecule has 1 spiro atoms. The standard InChI is InChI=1S/C43H44BrFN4O5Si/c1-27-41(55(2,3)45)38(23-40(52)47-25-31-14-8-7-13-30(31)21-34(47)26-50)54-43(27)35-22-32(44)16-18-37(35)48(42(43)53)24-28-10-9-15-33(20-28)49-39(51)19-17-36(46-49)29-11-5-4-6-12-29/h4-16,18,20,22,27,34,38,41,50H,17,19,21,23-26H2,1-3H3/t27-,34+,38+,41-,43+/m1/s1. The van der Waals surface area contributed by atoms with Crippen LogP contribution in [0.15, 0.2) is 107 Å². The Morgan fingerprint density at radius 2 is 1.73 bits per heavy atom. The Morgan fingerprint density at radius 1 is 0.982 bits per heavy atom. The van der Waals surface area contributed by atoms with Gasteiger partial charge in [-0.3, -0.25) is 14.4 Å². The summed E-state index contributed by atoms with van der Waals surface area (Å²) in [5.74, 6) is -1.23. The van der Waals surface area contributed by atoms with Gasteiger partial charge in [-0.25, -0.2) is 5.01 Å². The van der Waals surface area contributed by atoms with E-state index in [1.807, 2.05) is 104 Å². The Kier molecular flexibility index (Phi) is 9.90. The summed E-state index contributed by atoms with van der Waals surface area (Å²) in [5, 5.41) is 16.5. The van der Waals surface area contributed by atoms with Crippen LogP contribution in [0.4, 0.5) is 15.5 Å². The van der Waals surface area contributed by atoms with Gasteiger partial charge in [0, 0.05) is 40.9 Å². The number of ether oxygens (including phenoxy) is 1. The molecule has 12 heteroatoms. The lowest BCUT2D eigenvalue weighted by Crippen LogP contribution is -2.48. The predicted molar refractivity (Wildman–Crippen MR) is 216 cm³/mol. The molecule has 4 aromatic carbocycles. The van der Waals surface area contributed by atoms with Gasteiger partial charge in [0.15, 0.2) is 5.60 Å². The molecule has 0 aromatic heterocycles. The molecular weight excluding hydrogens is 779 g/mol. The second-order valence-corrected chi connectivity index (χ2v) is 20.4. The highest BCUT2D eigenvalue weighted by Gasteiger charge is 2.67. The molecule has 4 aliphatic rings. The zero-order chi connectivity index (χ0) is 38.6. The molecule has 5 atom stereocenters. The number of hydrogen-bond donors (Lipinski definition) is 1. The van der Waals surface area contributed by atoms with E-state index in [9.17, 15) is 14.7 Å². The molecule has 55 heavy (non-hydrogen) atoms. The molecule has 0 unspecified atom stereocenters. The summed E-state index contributed by atoms with van der Waals surface area (Å²) in [6.07, 6.45) is 0.441. The van der Waals surface area contributed by atoms with E-state index in [-0.39, 0.29) is 37.3 Å². The Bertz CT molecular complexity index is 2200. The average Bonchev–Trinajstić information content (AvgIpc) is 3.60. The quantitative estimate of drug-likeness (QED) is 0.146. The fraction of sp³-hybridized carbons (Fsp3) is 0.349. The first kappa shape index (κ1) is 37.4. The van der Waals surface area contributed by atoms with Crippen molar-refractivity contribution >= 4 is 59.1 Å². The lowest BCUT2D eigenvalue weighted by molar-refractivity contribution is -0.151. The van der Waals surface area contributed by atoms with Gasteiger partial charge >= 0.3 is 0 Å². The van der Waals surface area contributed by atoms with Crippen molar-refractivity contribution in [2.24, 2.45) is 11.0 Å². The van der Waals surface area contributed by atoms with E-state index in [0.717, 1.165) is 32.4 Å². The average molecular weight is 824 g/mol. The third-order valence-corrected chi connectivity index (χ3v) is 14.8. The van der Waals surface area contributed by atoms with E-state index in [4.69, 9.17) is 9.84 Å². The molecule has 0 aliphatic carbocycles. The molecule has 1 saturated heterocycles. The molecular formula is C43H44BrFN4O5Si. The van der Waals surface area contributed by atoms with Crippen molar-refractivity contribution in [1.29, 1.82) is 0 Å². The number of aliphatic hydroxyl groups is 1. The van der Waals surface area contributed by atoms with Gasteiger partial charge in [-0.1, -0.05) is 89.6 Å². The first-order valence-corrected chi connectivity index (χ1v) is 22.6. The molecule has 1 fully saturated rings. The van der Waals surface area contributed by atoms with E-state index >= 15 is 8.90 Å². The van der Waals surface area contributed by atoms with Gasteiger partial charge in [-0.05, 0) is 72.1 Å². The molecule has 4 heterocycles. The summed E-state index contributed by atoms with van der Waals surface area (Å²) in [6.45, 7) is 5.46. The largest absolute Gasteiger partial charge is 0.394 e. The Balaban J connectivity index is 1.10. The number of carbonyl (C=O) groups is 3. The van der Waals surface area contributed by atoms with Crippen LogP contribution in [0.1, 0.15) is 54.0 Å². The van der Waals surface area contributed by atoms with Crippen molar-refractivity contribution in [1.82, 2.24) is 4.90 Å². The Morgan fingerprint density at radius 3 is 2.47 bits per heavy atom. The van der Waals surface area contributed by atoms with Gasteiger partial charge in [-0.15, -0.1) is 0 Å². The van der Waals surface area contributed by atoms with Crippen molar-refractivity contribution in [3.05, 3.63) is 129 Å². The van der Waals surface area contributed by atoms with Gasteiger partial charge in [0.1, 0.15) is 0 Å². The molecule has 4 aromatic rings. The minimum Gasteiger partial charge on any atom is -0.394 e. The topological polar surface area (TPSA) is 103 Å². The van der Waals surface area contributed by atoms with Crippen molar-refractivity contribution < 1.29 is 28.3 Å². The summed E-state index contributed by atoms with van der Waals surface area (Å²) < 4.78 is 24.3. The second kappa shape index (κ2) is 14.5. The monoisotopic (exact) mass is 822 g/mol. The molecule has 4 aliphatic heterocycles. The number of fused-ring (bicyclic) bond motifs is 3. The predicted octanol–water partition coefficient (Wildman–Crippen LogP) is 7.64. The number of nitrogens with zero attached hydrogens (tertiary/aromatic N) is 4. The van der Waals surface area contributed by atoms with Gasteiger partial charge in [0.2, 0.25) is 20.2 Å². The van der Waals surface area contributed by atoms with Gasteiger partial charge in [-0.2, -0.15) is 5.10 Å². The summed E-state index contributed by atoms with van der Waals surface area (Å²) in [5.41, 5.74) is 4.39. The number of hydrazone groups is 1. The van der Waals surface area contributed by atoms with Gasteiger partial charge < -0.3 is 23.8 Å². The van der Waals surface area contributed by atoms with Crippen molar-refractivity contribution in [2.45, 2.75) is 82.1 Å². The second-order valence-electron chi connectivity index (χ2n) is 15.6. The highest BCUT2D eigenvalue weighted by atomic mass is 79.9. The molecule has 3 amide bonds. The fourth-order valence-corrected chi connectivity index (χ4v) is 12.1. The maximum absolute atomic E-state index is 16.6. The maximum atomic E-state index is 16.6. The summed E-state index contributed by atoms with van der Waals surface area (Å²) in [4.78, 5) is 45.8. The number of benzene rings is 4. The number of carbonyl (C=O) groups excluding carboxylic acids is 3. The van der Waals surface area contributed by atoms with E-state index in [0.29, 0.717) is 42.7 Å². The number of halogens is 2. The first-order valence-electron chi connectivity index (χ1n) is 18.9. The van der Waals surface area contributed by atoms with Crippen LogP contribution < -0.4 is 9.91 Å². The van der Waals surface area contributed by atoms with E-state index in [1.165, 1.54) is 5.01 Å². The SMILES string of the molecule is C[C@@H]1[C@@H]([Si](C)(C)F)[C@H](CC(=O)N2Cc3ccccc3C[C@H]2CO)O[C@@]12C(=O)N(Cc1cccc(N3N=C(c4ccccc4)CCC3=O)c1)c1ccc(Br)cc12. The first-order chi connectivity index (χ1) is 26.4. The molecule has 0 radical (unpaired) electrons. The third kappa shape index (κ3) is 6.66. The lowest BCUT2D eigenvalue weighted by atomic mass is 9.82. The Labute approximate surface area is 330 Å². The summed E-state index contributed by atoms with van der Waals surface area (Å²) in [6, 6.07) is 30.4. The third-order valence-electron chi connectivity index (χ3n) is 11.8. The molecule has 0 saturated carbocycles. The van der Waals surface area contributed by atoms with Gasteiger partial charge in [0.05, 0.1) is 48.8 Å². The molecule has 284 valence electrons. The van der Waals surface area contributed by atoms with Gasteiger partial charge in [0.25, 0.3) is 5.91 Å². The van der Waals surface area contributed by atoms with E-state index < -0.39 is 37.6 Å². The number of amides is 3. The summed E-state index contributed by atoms with van der Waals surface area (Å²) in [7, 11) is -3.54. The smallest absolute Gasteiger partial charge is 0.264 e. The van der Waals surface area contributed by atoms with Crippen LogP contribution in [0.5, 0.6) is 0 Å². The molecule has 8 rings (SSSR count). The highest BCUT2D eigenvalue weighted by Crippen LogP contribution is 2.60. The number of hydrogen-bond acceptors (Lipinski definition) is 6. The van der Waals surface area contributed by atoms with E-state index in [1.54, 1.807) is 22.9 Å². The number of aliphatic hydroxyl groups excluding tert-OH is 1. The zero-order valence-electron chi connectivity index (χ0n) is 31.1. The molecule has 9 nitrogen and oxygen atoms in total. The van der Waals surface area contributed by atoms with E-state index in [2.05, 4.69) is 15.9 Å². The van der Waals surface area contributed by atoms with Crippen LogP contribution in [0.3, 0.4) is 0 Å². The molecule has 1 N–H and O–H groups in total. The lowest BCUT2D eigenvalue weighted by Gasteiger charge is -2.37. The minimum absolute atomic E-state index is 0.107. The maximum Gasteiger partial charge on any atom is 0.264 e. The summed E-state index contributed by atoms with van der Waals surface area (Å²) >= 11 is 3.61. The van der Waals surface area contributed by atoms with Crippen LogP contribution in [0.25, 0.3) is 0 Å². The van der Waals surface area contributed by atoms with Crippen molar-refractivity contribution in [2.75, 3.05) is 16.5 Å². The van der Waals surface area contributed by atoms with Crippen molar-refractivity contribution in [3.8, 4) is 0 Å². The van der Waals surface area contributed by atoms with Crippen molar-refractivity contribution in [3.63, 3.8) is 0 Å². The fourth-order valence-electron chi connectivity index (χ4n) is 9.27. The van der Waals surface area contributed by atoms with Crippen LogP contribution in [0, 0.1) is 5.92 Å². The highest BCUT2D eigenvalue weighted by molar-refractivity contribution is 9.10. The number of rotatable bonds is 8. The van der Waals surface area contributed by atoms with Crippen LogP contribution in [-0.2, 0) is 44.2 Å². The van der Waals surface area contributed by atoms with Crippen LogP contribution in [0.2, 0.25) is 18.6 Å². The Hall–Kier alpha value is -4.49. The molecule has 0 bridgehead atoms. The number of anilines is 2. The van der Waals surface area contributed by atoms with Crippen LogP contribution in [-0.4, -0.2) is 60.6 Å².